The molecule has 1 aliphatic heterocycles. The first kappa shape index (κ1) is 25.2. The van der Waals surface area contributed by atoms with Crippen molar-refractivity contribution >= 4 is 28.3 Å². The molecule has 1 aliphatic carbocycles. The first-order valence-electron chi connectivity index (χ1n) is 12.7. The second-order valence-electron chi connectivity index (χ2n) is 10.0. The molecular weight excluding hydrogens is 489 g/mol. The molecule has 1 saturated carbocycles. The third kappa shape index (κ3) is 6.26. The summed E-state index contributed by atoms with van der Waals surface area (Å²) in [5.41, 5.74) is 2.94. The molecular formula is C26H31F3N4O2S. The number of carbonyl (C=O) groups is 1. The fraction of sp³-hybridized carbons (Fsp3) is 0.577. The van der Waals surface area contributed by atoms with Crippen LogP contribution in [0.1, 0.15) is 70.4 Å². The number of amides is 1. The number of benzene rings is 1. The van der Waals surface area contributed by atoms with E-state index in [0.717, 1.165) is 74.2 Å². The number of nitrogens with one attached hydrogen (secondary N) is 1. The lowest BCUT2D eigenvalue weighted by Gasteiger charge is -2.32. The van der Waals surface area contributed by atoms with E-state index in [4.69, 9.17) is 4.42 Å². The van der Waals surface area contributed by atoms with Crippen LogP contribution in [-0.2, 0) is 19.4 Å². The van der Waals surface area contributed by atoms with Crippen LogP contribution < -0.4 is 5.32 Å². The Labute approximate surface area is 212 Å². The number of alkyl halides is 3. The molecule has 0 bridgehead atoms. The van der Waals surface area contributed by atoms with Crippen LogP contribution in [0.2, 0.25) is 0 Å². The van der Waals surface area contributed by atoms with Gasteiger partial charge in [0.2, 0.25) is 0 Å². The molecule has 0 atom stereocenters. The Morgan fingerprint density at radius 2 is 2.03 bits per heavy atom. The van der Waals surface area contributed by atoms with Gasteiger partial charge in [0, 0.05) is 49.3 Å². The van der Waals surface area contributed by atoms with Crippen LogP contribution in [0.3, 0.4) is 0 Å². The lowest BCUT2D eigenvalue weighted by atomic mass is 9.84. The maximum Gasteiger partial charge on any atom is 0.389 e. The van der Waals surface area contributed by atoms with Gasteiger partial charge in [0.15, 0.2) is 11.5 Å². The van der Waals surface area contributed by atoms with E-state index in [2.05, 4.69) is 20.2 Å². The molecule has 3 heterocycles. The van der Waals surface area contributed by atoms with E-state index < -0.39 is 12.6 Å². The maximum absolute atomic E-state index is 12.7. The second-order valence-corrected chi connectivity index (χ2v) is 11.2. The van der Waals surface area contributed by atoms with Gasteiger partial charge in [-0.1, -0.05) is 0 Å². The van der Waals surface area contributed by atoms with Gasteiger partial charge in [0.05, 0.1) is 10.7 Å². The Balaban J connectivity index is 1.04. The van der Waals surface area contributed by atoms with E-state index in [-0.39, 0.29) is 18.4 Å². The number of aryl methyl sites for hydroxylation is 2. The Morgan fingerprint density at radius 1 is 1.22 bits per heavy atom. The molecule has 0 unspecified atom stereocenters. The summed E-state index contributed by atoms with van der Waals surface area (Å²) in [6, 6.07) is 5.54. The summed E-state index contributed by atoms with van der Waals surface area (Å²) in [6.45, 7) is 4.44. The molecule has 3 aromatic rings. The Morgan fingerprint density at radius 3 is 2.81 bits per heavy atom. The molecule has 6 nitrogen and oxygen atoms in total. The minimum atomic E-state index is -4.13. The molecule has 1 amide bonds. The zero-order valence-corrected chi connectivity index (χ0v) is 21.2. The molecule has 2 aliphatic rings. The van der Waals surface area contributed by atoms with Crippen molar-refractivity contribution in [3.8, 4) is 0 Å². The molecule has 0 radical (unpaired) electrons. The molecule has 10 heteroatoms. The van der Waals surface area contributed by atoms with E-state index in [9.17, 15) is 18.0 Å². The fourth-order valence-corrected chi connectivity index (χ4v) is 6.33. The van der Waals surface area contributed by atoms with Gasteiger partial charge >= 0.3 is 6.18 Å². The minimum absolute atomic E-state index is 0.0186. The van der Waals surface area contributed by atoms with Crippen LogP contribution in [0.4, 0.5) is 13.2 Å². The lowest BCUT2D eigenvalue weighted by molar-refractivity contribution is -0.134. The number of fused-ring (bicyclic) bond motifs is 2. The number of rotatable bonds is 7. The van der Waals surface area contributed by atoms with E-state index in [0.29, 0.717) is 28.0 Å². The normalized spacial score (nSPS) is 21.0. The molecule has 0 spiro atoms. The number of hydrogen-bond acceptors (Lipinski definition) is 6. The molecule has 1 fully saturated rings. The number of aromatic nitrogens is 2. The summed E-state index contributed by atoms with van der Waals surface area (Å²) in [5, 5.41) is 3.78. The Kier molecular flexibility index (Phi) is 7.35. The van der Waals surface area contributed by atoms with Crippen LogP contribution in [0, 0.1) is 12.8 Å². The van der Waals surface area contributed by atoms with Gasteiger partial charge in [-0.05, 0) is 69.2 Å². The van der Waals surface area contributed by atoms with Gasteiger partial charge in [0.25, 0.3) is 5.91 Å². The average Bonchev–Trinajstić information content (AvgIpc) is 3.42. The van der Waals surface area contributed by atoms with Crippen molar-refractivity contribution in [2.75, 3.05) is 13.1 Å². The van der Waals surface area contributed by atoms with Crippen molar-refractivity contribution in [3.05, 3.63) is 45.2 Å². The van der Waals surface area contributed by atoms with Crippen LogP contribution in [-0.4, -0.2) is 46.1 Å². The molecule has 194 valence electrons. The van der Waals surface area contributed by atoms with Crippen molar-refractivity contribution in [1.29, 1.82) is 0 Å². The van der Waals surface area contributed by atoms with Crippen LogP contribution in [0.15, 0.2) is 22.6 Å². The maximum atomic E-state index is 12.7. The number of carbonyl (C=O) groups excluding carboxylic acids is 1. The first-order chi connectivity index (χ1) is 17.2. The predicted octanol–water partition coefficient (Wildman–Crippen LogP) is 5.82. The molecule has 0 saturated heterocycles. The average molecular weight is 521 g/mol. The quantitative estimate of drug-likeness (QED) is 0.425. The van der Waals surface area contributed by atoms with Gasteiger partial charge in [-0.25, -0.2) is 9.97 Å². The Hall–Kier alpha value is -2.46. The molecule has 1 aromatic carbocycles. The van der Waals surface area contributed by atoms with Gasteiger partial charge in [-0.15, -0.1) is 11.3 Å². The van der Waals surface area contributed by atoms with Crippen molar-refractivity contribution < 1.29 is 22.4 Å². The highest BCUT2D eigenvalue weighted by atomic mass is 32.1. The highest BCUT2D eigenvalue weighted by molar-refractivity contribution is 7.11. The topological polar surface area (TPSA) is 71.3 Å². The lowest BCUT2D eigenvalue weighted by Crippen LogP contribution is -2.38. The number of halogens is 3. The van der Waals surface area contributed by atoms with Gasteiger partial charge in [-0.2, -0.15) is 13.2 Å². The molecule has 36 heavy (non-hydrogen) atoms. The highest BCUT2D eigenvalue weighted by Gasteiger charge is 2.29. The summed E-state index contributed by atoms with van der Waals surface area (Å²) in [4.78, 5) is 25.0. The van der Waals surface area contributed by atoms with Crippen molar-refractivity contribution in [1.82, 2.24) is 20.2 Å². The van der Waals surface area contributed by atoms with E-state index >= 15 is 0 Å². The third-order valence-electron chi connectivity index (χ3n) is 7.27. The standard InChI is InChI=1S/C26H31F3N4O2S/c1-16-30-20-7-4-18(14-22(20)35-16)25(34)31-19-5-2-17(3-6-19)9-12-33-13-10-23-21(15-33)32-24(36-23)8-11-26(27,28)29/h4,7,14,17,19H,2-3,5-6,8-13,15H2,1H3,(H,31,34)/t17-,19-. The summed E-state index contributed by atoms with van der Waals surface area (Å²) in [6.07, 6.45) is 1.13. The zero-order chi connectivity index (χ0) is 25.3. The minimum Gasteiger partial charge on any atom is -0.441 e. The van der Waals surface area contributed by atoms with Gasteiger partial charge in [0.1, 0.15) is 5.52 Å². The van der Waals surface area contributed by atoms with Gasteiger partial charge < -0.3 is 9.73 Å². The third-order valence-corrected chi connectivity index (χ3v) is 8.48. The van der Waals surface area contributed by atoms with Gasteiger partial charge in [-0.3, -0.25) is 9.69 Å². The SMILES string of the molecule is Cc1nc2ccc(C(=O)N[C@H]3CC[C@H](CCN4CCc5sc(CCC(F)(F)F)nc5C4)CC3)cc2o1. The number of thiazole rings is 1. The predicted molar refractivity (Wildman–Crippen MR) is 132 cm³/mol. The van der Waals surface area contributed by atoms with Crippen LogP contribution in [0.5, 0.6) is 0 Å². The second kappa shape index (κ2) is 10.5. The Bertz CT molecular complexity index is 1210. The number of oxazole rings is 1. The first-order valence-corrected chi connectivity index (χ1v) is 13.5. The fourth-order valence-electron chi connectivity index (χ4n) is 5.26. The summed E-state index contributed by atoms with van der Waals surface area (Å²) < 4.78 is 43.1. The van der Waals surface area contributed by atoms with Crippen LogP contribution in [0.25, 0.3) is 11.1 Å². The van der Waals surface area contributed by atoms with Crippen LogP contribution >= 0.6 is 11.3 Å². The largest absolute Gasteiger partial charge is 0.441 e. The molecule has 1 N–H and O–H groups in total. The molecule has 5 rings (SSSR count). The zero-order valence-electron chi connectivity index (χ0n) is 20.4. The van der Waals surface area contributed by atoms with E-state index in [1.54, 1.807) is 19.1 Å². The monoisotopic (exact) mass is 520 g/mol. The van der Waals surface area contributed by atoms with E-state index in [1.807, 2.05) is 6.07 Å². The van der Waals surface area contributed by atoms with Crippen molar-refractivity contribution in [2.24, 2.45) is 5.92 Å². The van der Waals surface area contributed by atoms with E-state index in [1.165, 1.54) is 11.3 Å². The van der Waals surface area contributed by atoms with Crippen molar-refractivity contribution in [3.63, 3.8) is 0 Å². The summed E-state index contributed by atoms with van der Waals surface area (Å²) >= 11 is 1.45. The van der Waals surface area contributed by atoms with Crippen molar-refractivity contribution in [2.45, 2.75) is 77.1 Å². The summed E-state index contributed by atoms with van der Waals surface area (Å²) in [5.74, 6) is 1.14. The molecule has 2 aromatic heterocycles. The number of hydrogen-bond donors (Lipinski definition) is 1. The highest BCUT2D eigenvalue weighted by Crippen LogP contribution is 2.31. The smallest absolute Gasteiger partial charge is 0.389 e. The number of nitrogens with zero attached hydrogens (tertiary/aromatic N) is 3. The summed E-state index contributed by atoms with van der Waals surface area (Å²) in [7, 11) is 0.